The molecule has 6 heteroatoms. The van der Waals surface area contributed by atoms with Crippen molar-refractivity contribution in [1.29, 1.82) is 0 Å². The Morgan fingerprint density at radius 2 is 1.78 bits per heavy atom. The number of benzene rings is 1. The average Bonchev–Trinajstić information content (AvgIpc) is 2.25. The van der Waals surface area contributed by atoms with E-state index in [4.69, 9.17) is 5.73 Å². The molecule has 0 aliphatic heterocycles. The summed E-state index contributed by atoms with van der Waals surface area (Å²) in [6, 6.07) is 6.03. The van der Waals surface area contributed by atoms with Crippen LogP contribution < -0.4 is 5.73 Å². The van der Waals surface area contributed by atoms with Crippen molar-refractivity contribution in [2.24, 2.45) is 0 Å². The summed E-state index contributed by atoms with van der Waals surface area (Å²) in [7, 11) is -3.58. The van der Waals surface area contributed by atoms with E-state index in [1.807, 2.05) is 0 Å². The van der Waals surface area contributed by atoms with E-state index in [-0.39, 0.29) is 11.4 Å². The maximum atomic E-state index is 12.3. The molecule has 0 spiro atoms. The number of sulfonamides is 1. The van der Waals surface area contributed by atoms with Crippen molar-refractivity contribution in [1.82, 2.24) is 4.31 Å². The molecule has 0 radical (unpaired) electrons. The summed E-state index contributed by atoms with van der Waals surface area (Å²) in [5.41, 5.74) is 4.97. The van der Waals surface area contributed by atoms with E-state index in [2.05, 4.69) is 0 Å². The molecule has 0 amide bonds. The average molecular weight is 272 g/mol. The molecule has 0 aromatic heterocycles. The molecule has 1 rings (SSSR count). The fourth-order valence-electron chi connectivity index (χ4n) is 1.59. The van der Waals surface area contributed by atoms with Crippen LogP contribution in [-0.4, -0.2) is 36.5 Å². The van der Waals surface area contributed by atoms with E-state index in [9.17, 15) is 13.5 Å². The van der Waals surface area contributed by atoms with Gasteiger partial charge in [0.05, 0.1) is 10.5 Å². The molecule has 0 saturated carbocycles. The molecule has 0 heterocycles. The number of nitrogens with two attached hydrogens (primary N) is 1. The standard InChI is InChI=1S/C12H20N2O3S/c1-4-14(9-12(2,3)15)18(16,17)11-7-5-10(13)6-8-11/h5-8,15H,4,9,13H2,1-3H3. The number of rotatable bonds is 5. The first-order chi connectivity index (χ1) is 8.16. The summed E-state index contributed by atoms with van der Waals surface area (Å²) in [6.45, 7) is 5.25. The third kappa shape index (κ3) is 3.69. The van der Waals surface area contributed by atoms with E-state index in [0.717, 1.165) is 0 Å². The van der Waals surface area contributed by atoms with Crippen molar-refractivity contribution in [3.05, 3.63) is 24.3 Å². The molecule has 18 heavy (non-hydrogen) atoms. The van der Waals surface area contributed by atoms with Gasteiger partial charge in [0.1, 0.15) is 0 Å². The zero-order valence-corrected chi connectivity index (χ0v) is 11.7. The molecule has 1 aromatic carbocycles. The molecule has 1 aromatic rings. The lowest BCUT2D eigenvalue weighted by atomic mass is 10.1. The zero-order valence-electron chi connectivity index (χ0n) is 10.9. The second-order valence-corrected chi connectivity index (χ2v) is 6.75. The van der Waals surface area contributed by atoms with Crippen molar-refractivity contribution >= 4 is 15.7 Å². The molecule has 0 fully saturated rings. The fraction of sp³-hybridized carbons (Fsp3) is 0.500. The summed E-state index contributed by atoms with van der Waals surface area (Å²) in [6.07, 6.45) is 0. The molecule has 3 N–H and O–H groups in total. The third-order valence-electron chi connectivity index (χ3n) is 2.43. The number of aliphatic hydroxyl groups is 1. The Hall–Kier alpha value is -1.11. The zero-order chi connectivity index (χ0) is 14.0. The first-order valence-electron chi connectivity index (χ1n) is 5.75. The molecular weight excluding hydrogens is 252 g/mol. The SMILES string of the molecule is CCN(CC(C)(C)O)S(=O)(=O)c1ccc(N)cc1. The van der Waals surface area contributed by atoms with Crippen molar-refractivity contribution in [2.75, 3.05) is 18.8 Å². The Kier molecular flexibility index (Phi) is 4.37. The van der Waals surface area contributed by atoms with Gasteiger partial charge in [0.25, 0.3) is 0 Å². The summed E-state index contributed by atoms with van der Waals surface area (Å²) < 4.78 is 25.9. The molecule has 0 atom stereocenters. The van der Waals surface area contributed by atoms with Gasteiger partial charge in [0, 0.05) is 18.8 Å². The van der Waals surface area contributed by atoms with Gasteiger partial charge in [-0.1, -0.05) is 6.92 Å². The van der Waals surface area contributed by atoms with Crippen LogP contribution in [0.2, 0.25) is 0 Å². The molecule has 0 bridgehead atoms. The topological polar surface area (TPSA) is 83.6 Å². The Balaban J connectivity index is 3.07. The number of hydrogen-bond acceptors (Lipinski definition) is 4. The largest absolute Gasteiger partial charge is 0.399 e. The van der Waals surface area contributed by atoms with E-state index < -0.39 is 15.6 Å². The first kappa shape index (κ1) is 14.9. The Bertz CT molecular complexity index is 489. The lowest BCUT2D eigenvalue weighted by Gasteiger charge is -2.27. The molecule has 102 valence electrons. The van der Waals surface area contributed by atoms with Gasteiger partial charge in [0.15, 0.2) is 0 Å². The summed E-state index contributed by atoms with van der Waals surface area (Å²) in [5, 5.41) is 9.75. The lowest BCUT2D eigenvalue weighted by Crippen LogP contribution is -2.42. The highest BCUT2D eigenvalue weighted by Gasteiger charge is 2.28. The highest BCUT2D eigenvalue weighted by Crippen LogP contribution is 2.19. The van der Waals surface area contributed by atoms with Gasteiger partial charge in [-0.3, -0.25) is 0 Å². The highest BCUT2D eigenvalue weighted by atomic mass is 32.2. The minimum Gasteiger partial charge on any atom is -0.399 e. The Labute approximate surface area is 108 Å². The Morgan fingerprint density at radius 3 is 2.17 bits per heavy atom. The molecule has 5 nitrogen and oxygen atoms in total. The molecule has 0 saturated heterocycles. The second kappa shape index (κ2) is 5.26. The van der Waals surface area contributed by atoms with Gasteiger partial charge in [0.2, 0.25) is 10.0 Å². The van der Waals surface area contributed by atoms with Crippen molar-refractivity contribution in [3.8, 4) is 0 Å². The van der Waals surface area contributed by atoms with Crippen molar-refractivity contribution in [2.45, 2.75) is 31.3 Å². The van der Waals surface area contributed by atoms with Crippen LogP contribution in [0.3, 0.4) is 0 Å². The van der Waals surface area contributed by atoms with Gasteiger partial charge < -0.3 is 10.8 Å². The van der Waals surface area contributed by atoms with Gasteiger partial charge in [-0.15, -0.1) is 0 Å². The van der Waals surface area contributed by atoms with Gasteiger partial charge in [-0.05, 0) is 38.1 Å². The van der Waals surface area contributed by atoms with E-state index in [1.54, 1.807) is 32.9 Å². The molecular formula is C12H20N2O3S. The number of hydrogen-bond donors (Lipinski definition) is 2. The summed E-state index contributed by atoms with van der Waals surface area (Å²) >= 11 is 0. The van der Waals surface area contributed by atoms with Crippen LogP contribution in [0.1, 0.15) is 20.8 Å². The first-order valence-corrected chi connectivity index (χ1v) is 7.19. The Morgan fingerprint density at radius 1 is 1.28 bits per heavy atom. The smallest absolute Gasteiger partial charge is 0.243 e. The predicted molar refractivity (Wildman–Crippen MR) is 71.6 cm³/mol. The van der Waals surface area contributed by atoms with Crippen molar-refractivity contribution < 1.29 is 13.5 Å². The lowest BCUT2D eigenvalue weighted by molar-refractivity contribution is 0.0601. The van der Waals surface area contributed by atoms with Gasteiger partial charge >= 0.3 is 0 Å². The molecule has 0 aliphatic rings. The van der Waals surface area contributed by atoms with E-state index >= 15 is 0 Å². The number of nitrogen functional groups attached to an aromatic ring is 1. The number of anilines is 1. The van der Waals surface area contributed by atoms with Crippen LogP contribution in [0, 0.1) is 0 Å². The van der Waals surface area contributed by atoms with E-state index in [1.165, 1.54) is 16.4 Å². The summed E-state index contributed by atoms with van der Waals surface area (Å²) in [5.74, 6) is 0. The minimum atomic E-state index is -3.58. The molecule has 0 unspecified atom stereocenters. The third-order valence-corrected chi connectivity index (χ3v) is 4.37. The fourth-order valence-corrected chi connectivity index (χ4v) is 3.19. The predicted octanol–water partition coefficient (Wildman–Crippen LogP) is 1.05. The second-order valence-electron chi connectivity index (χ2n) is 4.81. The van der Waals surface area contributed by atoms with Crippen molar-refractivity contribution in [3.63, 3.8) is 0 Å². The number of nitrogens with zero attached hydrogens (tertiary/aromatic N) is 1. The summed E-state index contributed by atoms with van der Waals surface area (Å²) in [4.78, 5) is 0.183. The van der Waals surface area contributed by atoms with Crippen LogP contribution in [0.15, 0.2) is 29.2 Å². The van der Waals surface area contributed by atoms with Crippen LogP contribution >= 0.6 is 0 Å². The van der Waals surface area contributed by atoms with Gasteiger partial charge in [-0.2, -0.15) is 4.31 Å². The van der Waals surface area contributed by atoms with E-state index in [0.29, 0.717) is 12.2 Å². The maximum Gasteiger partial charge on any atom is 0.243 e. The van der Waals surface area contributed by atoms with Crippen LogP contribution in [0.4, 0.5) is 5.69 Å². The highest BCUT2D eigenvalue weighted by molar-refractivity contribution is 7.89. The van der Waals surface area contributed by atoms with Crippen LogP contribution in [-0.2, 0) is 10.0 Å². The molecule has 0 aliphatic carbocycles. The van der Waals surface area contributed by atoms with Gasteiger partial charge in [-0.25, -0.2) is 8.42 Å². The van der Waals surface area contributed by atoms with Crippen LogP contribution in [0.25, 0.3) is 0 Å². The monoisotopic (exact) mass is 272 g/mol. The quantitative estimate of drug-likeness (QED) is 0.785. The number of likely N-dealkylation sites (N-methyl/N-ethyl adjacent to an activating group) is 1. The minimum absolute atomic E-state index is 0.0518. The van der Waals surface area contributed by atoms with Crippen LogP contribution in [0.5, 0.6) is 0 Å². The maximum absolute atomic E-state index is 12.3. The normalized spacial score (nSPS) is 12.9.